The zero-order chi connectivity index (χ0) is 19.4. The highest BCUT2D eigenvalue weighted by molar-refractivity contribution is 7.71. The summed E-state index contributed by atoms with van der Waals surface area (Å²) in [5.74, 6) is 0.686. The van der Waals surface area contributed by atoms with Crippen molar-refractivity contribution in [2.24, 2.45) is 0 Å². The molecule has 0 aliphatic carbocycles. The zero-order valence-electron chi connectivity index (χ0n) is 15.3. The molecule has 0 saturated carbocycles. The van der Waals surface area contributed by atoms with Crippen LogP contribution in [0.5, 0.6) is 0 Å². The fraction of sp³-hybridized carbons (Fsp3) is 0.389. The lowest BCUT2D eigenvalue weighted by Gasteiger charge is -2.11. The quantitative estimate of drug-likeness (QED) is 0.605. The predicted molar refractivity (Wildman–Crippen MR) is 105 cm³/mol. The fourth-order valence-corrected chi connectivity index (χ4v) is 3.30. The molecule has 1 amide bonds. The first-order valence-corrected chi connectivity index (χ1v) is 9.25. The van der Waals surface area contributed by atoms with Gasteiger partial charge >= 0.3 is 0 Å². The van der Waals surface area contributed by atoms with Crippen LogP contribution in [0.4, 0.5) is 0 Å². The van der Waals surface area contributed by atoms with Crippen LogP contribution in [0, 0.1) is 4.77 Å². The molecule has 0 bridgehead atoms. The third-order valence-electron chi connectivity index (χ3n) is 4.28. The van der Waals surface area contributed by atoms with E-state index in [0.717, 1.165) is 5.82 Å². The maximum Gasteiger partial charge on any atom is 0.261 e. The Morgan fingerprint density at radius 1 is 1.33 bits per heavy atom. The van der Waals surface area contributed by atoms with E-state index in [1.165, 1.54) is 10.9 Å². The van der Waals surface area contributed by atoms with Gasteiger partial charge in [-0.3, -0.25) is 19.3 Å². The van der Waals surface area contributed by atoms with Crippen LogP contribution < -0.4 is 10.9 Å². The Labute approximate surface area is 161 Å². The molecule has 9 heteroatoms. The number of aromatic nitrogens is 5. The SMILES string of the molecule is CC(C)n1c(CCNC(=O)CCn2cnc3ccccc3c2=O)n[nH]c1=S. The van der Waals surface area contributed by atoms with Gasteiger partial charge in [-0.25, -0.2) is 4.98 Å². The highest BCUT2D eigenvalue weighted by Crippen LogP contribution is 2.08. The Morgan fingerprint density at radius 3 is 2.89 bits per heavy atom. The summed E-state index contributed by atoms with van der Waals surface area (Å²) in [5, 5.41) is 10.4. The van der Waals surface area contributed by atoms with Crippen molar-refractivity contribution in [2.45, 2.75) is 39.3 Å². The number of nitrogens with zero attached hydrogens (tertiary/aromatic N) is 4. The van der Waals surface area contributed by atoms with E-state index in [0.29, 0.717) is 28.6 Å². The van der Waals surface area contributed by atoms with Crippen LogP contribution in [-0.2, 0) is 17.8 Å². The predicted octanol–water partition coefficient (Wildman–Crippen LogP) is 1.98. The molecular formula is C18H22N6O2S. The molecule has 2 N–H and O–H groups in total. The summed E-state index contributed by atoms with van der Waals surface area (Å²) < 4.78 is 3.97. The van der Waals surface area contributed by atoms with Gasteiger partial charge in [0.2, 0.25) is 5.91 Å². The second kappa shape index (κ2) is 8.26. The Morgan fingerprint density at radius 2 is 2.11 bits per heavy atom. The van der Waals surface area contributed by atoms with Gasteiger partial charge in [0.25, 0.3) is 5.56 Å². The average Bonchev–Trinajstić information content (AvgIpc) is 3.02. The van der Waals surface area contributed by atoms with Crippen LogP contribution in [0.25, 0.3) is 10.9 Å². The number of amides is 1. The van der Waals surface area contributed by atoms with Crippen LogP contribution >= 0.6 is 12.2 Å². The molecular weight excluding hydrogens is 364 g/mol. The van der Waals surface area contributed by atoms with E-state index in [4.69, 9.17) is 12.2 Å². The Balaban J connectivity index is 1.54. The number of carbonyl (C=O) groups is 1. The largest absolute Gasteiger partial charge is 0.356 e. The molecule has 142 valence electrons. The van der Waals surface area contributed by atoms with Crippen molar-refractivity contribution in [1.82, 2.24) is 29.6 Å². The number of carbonyl (C=O) groups excluding carboxylic acids is 1. The molecule has 0 atom stereocenters. The maximum atomic E-state index is 12.4. The van der Waals surface area contributed by atoms with E-state index < -0.39 is 0 Å². The highest BCUT2D eigenvalue weighted by atomic mass is 32.1. The molecule has 27 heavy (non-hydrogen) atoms. The van der Waals surface area contributed by atoms with Crippen LogP contribution in [0.3, 0.4) is 0 Å². The van der Waals surface area contributed by atoms with Gasteiger partial charge in [-0.1, -0.05) is 12.1 Å². The minimum absolute atomic E-state index is 0.125. The van der Waals surface area contributed by atoms with E-state index in [1.54, 1.807) is 18.2 Å². The number of benzene rings is 1. The number of nitrogens with one attached hydrogen (secondary N) is 2. The number of H-pyrrole nitrogens is 1. The molecule has 3 aromatic rings. The highest BCUT2D eigenvalue weighted by Gasteiger charge is 2.10. The third kappa shape index (κ3) is 4.30. The van der Waals surface area contributed by atoms with Gasteiger partial charge in [0.05, 0.1) is 17.2 Å². The number of rotatable bonds is 7. The summed E-state index contributed by atoms with van der Waals surface area (Å²) in [6.45, 7) is 4.80. The topological polar surface area (TPSA) is 97.6 Å². The van der Waals surface area contributed by atoms with Crippen molar-refractivity contribution >= 4 is 29.0 Å². The summed E-state index contributed by atoms with van der Waals surface area (Å²) >= 11 is 5.21. The van der Waals surface area contributed by atoms with Gasteiger partial charge in [-0.2, -0.15) is 5.10 Å². The number of hydrogen-bond acceptors (Lipinski definition) is 5. The van der Waals surface area contributed by atoms with E-state index in [-0.39, 0.29) is 30.5 Å². The number of aryl methyl sites for hydroxylation is 1. The van der Waals surface area contributed by atoms with Crippen LogP contribution in [0.2, 0.25) is 0 Å². The van der Waals surface area contributed by atoms with Gasteiger partial charge < -0.3 is 9.88 Å². The Bertz CT molecular complexity index is 1070. The smallest absolute Gasteiger partial charge is 0.261 e. The van der Waals surface area contributed by atoms with Crippen molar-refractivity contribution in [2.75, 3.05) is 6.54 Å². The lowest BCUT2D eigenvalue weighted by atomic mass is 10.2. The molecule has 2 aromatic heterocycles. The van der Waals surface area contributed by atoms with Crippen molar-refractivity contribution < 1.29 is 4.79 Å². The first-order valence-electron chi connectivity index (χ1n) is 8.84. The maximum absolute atomic E-state index is 12.4. The van der Waals surface area contributed by atoms with E-state index in [2.05, 4.69) is 20.5 Å². The van der Waals surface area contributed by atoms with Gasteiger partial charge in [0, 0.05) is 32.0 Å². The monoisotopic (exact) mass is 386 g/mol. The first kappa shape index (κ1) is 19.0. The summed E-state index contributed by atoms with van der Waals surface area (Å²) in [7, 11) is 0. The summed E-state index contributed by atoms with van der Waals surface area (Å²) in [4.78, 5) is 28.8. The van der Waals surface area contributed by atoms with Crippen LogP contribution in [-0.4, -0.2) is 36.8 Å². The van der Waals surface area contributed by atoms with Gasteiger partial charge in [-0.05, 0) is 38.2 Å². The number of hydrogen-bond donors (Lipinski definition) is 2. The van der Waals surface area contributed by atoms with Crippen LogP contribution in [0.1, 0.15) is 32.1 Å². The third-order valence-corrected chi connectivity index (χ3v) is 4.56. The zero-order valence-corrected chi connectivity index (χ0v) is 16.1. The first-order chi connectivity index (χ1) is 13.0. The number of aromatic amines is 1. The van der Waals surface area contributed by atoms with Gasteiger partial charge in [0.15, 0.2) is 4.77 Å². The summed E-state index contributed by atoms with van der Waals surface area (Å²) in [5.41, 5.74) is 0.516. The Kier molecular flexibility index (Phi) is 5.80. The lowest BCUT2D eigenvalue weighted by molar-refractivity contribution is -0.121. The molecule has 0 aliphatic rings. The summed E-state index contributed by atoms with van der Waals surface area (Å²) in [6.07, 6.45) is 2.27. The molecule has 0 aliphatic heterocycles. The van der Waals surface area contributed by atoms with Crippen LogP contribution in [0.15, 0.2) is 35.4 Å². The number of para-hydroxylation sites is 1. The molecule has 8 nitrogen and oxygen atoms in total. The summed E-state index contributed by atoms with van der Waals surface area (Å²) in [6, 6.07) is 7.37. The standard InChI is InChI=1S/C18H22N6O2S/c1-12(2)24-15(21-22-18(24)27)7-9-19-16(25)8-10-23-11-20-14-6-4-3-5-13(14)17(23)26/h3-6,11-12H,7-10H2,1-2H3,(H,19,25)(H,22,27). The molecule has 0 spiro atoms. The van der Waals surface area contributed by atoms with E-state index >= 15 is 0 Å². The minimum atomic E-state index is -0.138. The Hall–Kier alpha value is -2.81. The van der Waals surface area contributed by atoms with Crippen molar-refractivity contribution in [3.63, 3.8) is 0 Å². The van der Waals surface area contributed by atoms with Gasteiger partial charge in [-0.15, -0.1) is 0 Å². The normalized spacial score (nSPS) is 11.2. The molecule has 1 aromatic carbocycles. The molecule has 0 saturated heterocycles. The van der Waals surface area contributed by atoms with Crippen molar-refractivity contribution in [3.8, 4) is 0 Å². The van der Waals surface area contributed by atoms with E-state index in [1.807, 2.05) is 24.5 Å². The fourth-order valence-electron chi connectivity index (χ4n) is 2.94. The van der Waals surface area contributed by atoms with Crippen molar-refractivity contribution in [1.29, 1.82) is 0 Å². The molecule has 2 heterocycles. The molecule has 3 rings (SSSR count). The van der Waals surface area contributed by atoms with Crippen molar-refractivity contribution in [3.05, 3.63) is 51.5 Å². The second-order valence-electron chi connectivity index (χ2n) is 6.52. The molecule has 0 unspecified atom stereocenters. The molecule has 0 fully saturated rings. The second-order valence-corrected chi connectivity index (χ2v) is 6.91. The van der Waals surface area contributed by atoms with Gasteiger partial charge in [0.1, 0.15) is 5.82 Å². The average molecular weight is 386 g/mol. The minimum Gasteiger partial charge on any atom is -0.356 e. The molecule has 0 radical (unpaired) electrons. The lowest BCUT2D eigenvalue weighted by Crippen LogP contribution is -2.29. The number of fused-ring (bicyclic) bond motifs is 1. The van der Waals surface area contributed by atoms with E-state index in [9.17, 15) is 9.59 Å².